The molecule has 1 saturated heterocycles. The molecule has 0 radical (unpaired) electrons. The third-order valence-electron chi connectivity index (χ3n) is 4.75. The molecular weight excluding hydrogens is 399 g/mol. The van der Waals surface area contributed by atoms with Gasteiger partial charge in [0, 0.05) is 48.1 Å². The number of pyridine rings is 1. The molecule has 148 valence electrons. The van der Waals surface area contributed by atoms with Crippen LogP contribution in [0.5, 0.6) is 0 Å². The number of aromatic nitrogens is 2. The Morgan fingerprint density at radius 1 is 1.29 bits per heavy atom. The number of hydrogen-bond acceptors (Lipinski definition) is 4. The van der Waals surface area contributed by atoms with Gasteiger partial charge in [-0.2, -0.15) is 0 Å². The van der Waals surface area contributed by atoms with Crippen molar-refractivity contribution in [3.8, 4) is 0 Å². The molecule has 1 aromatic carbocycles. The van der Waals surface area contributed by atoms with Crippen LogP contribution in [0.4, 0.5) is 11.5 Å². The molecule has 0 aliphatic carbocycles. The van der Waals surface area contributed by atoms with E-state index in [1.54, 1.807) is 6.20 Å². The topological polar surface area (TPSA) is 59.4 Å². The Labute approximate surface area is 174 Å². The summed E-state index contributed by atoms with van der Waals surface area (Å²) < 4.78 is 7.44. The van der Waals surface area contributed by atoms with Crippen molar-refractivity contribution < 1.29 is 9.53 Å². The number of carbonyl (C=O) groups is 1. The molecule has 0 unspecified atom stereocenters. The zero-order chi connectivity index (χ0) is 18.8. The maximum atomic E-state index is 13.1. The molecule has 6 nitrogen and oxygen atoms in total. The molecule has 8 heteroatoms. The van der Waals surface area contributed by atoms with Crippen molar-refractivity contribution in [1.82, 2.24) is 14.5 Å². The van der Waals surface area contributed by atoms with Gasteiger partial charge in [-0.25, -0.2) is 4.98 Å². The zero-order valence-corrected chi connectivity index (χ0v) is 17.1. The van der Waals surface area contributed by atoms with Gasteiger partial charge in [-0.05, 0) is 31.2 Å². The van der Waals surface area contributed by atoms with E-state index in [1.165, 1.54) is 0 Å². The summed E-state index contributed by atoms with van der Waals surface area (Å²) in [5.74, 6) is 0.705. The van der Waals surface area contributed by atoms with Gasteiger partial charge in [0.15, 0.2) is 0 Å². The van der Waals surface area contributed by atoms with Crippen molar-refractivity contribution in [2.24, 2.45) is 0 Å². The number of benzene rings is 1. The number of nitrogens with zero attached hydrogens (tertiary/aromatic N) is 3. The quantitative estimate of drug-likeness (QED) is 0.681. The van der Waals surface area contributed by atoms with Crippen molar-refractivity contribution in [1.29, 1.82) is 0 Å². The minimum absolute atomic E-state index is 0. The van der Waals surface area contributed by atoms with E-state index in [4.69, 9.17) is 16.3 Å². The number of rotatable bonds is 4. The number of amides is 1. The first kappa shape index (κ1) is 20.5. The molecule has 1 fully saturated rings. The van der Waals surface area contributed by atoms with E-state index in [1.807, 2.05) is 41.4 Å². The van der Waals surface area contributed by atoms with Crippen molar-refractivity contribution in [2.45, 2.75) is 13.5 Å². The second kappa shape index (κ2) is 8.82. The number of fused-ring (bicyclic) bond motifs is 1. The van der Waals surface area contributed by atoms with Gasteiger partial charge in [0.05, 0.1) is 24.3 Å². The predicted molar refractivity (Wildman–Crippen MR) is 114 cm³/mol. The molecule has 1 N–H and O–H groups in total. The minimum Gasteiger partial charge on any atom is -0.378 e. The monoisotopic (exact) mass is 420 g/mol. The van der Waals surface area contributed by atoms with E-state index >= 15 is 0 Å². The summed E-state index contributed by atoms with van der Waals surface area (Å²) in [4.78, 5) is 19.5. The third-order valence-corrected chi connectivity index (χ3v) is 4.99. The molecule has 2 aromatic heterocycles. The lowest BCUT2D eigenvalue weighted by Crippen LogP contribution is -2.40. The molecule has 4 rings (SSSR count). The standard InChI is InChI=1S/C20H21ClN4O2.ClH/c1-2-24-7-6-16-18(24)17(20(26)25-8-10-27-11-9-25)13-22-19(16)23-15-5-3-4-14(21)12-15;/h3-7,12-13H,2,8-11H2,1H3,(H,22,23);1H. The Morgan fingerprint density at radius 3 is 2.79 bits per heavy atom. The van der Waals surface area contributed by atoms with Crippen LogP contribution in [0.15, 0.2) is 42.7 Å². The molecular formula is C20H22Cl2N4O2. The highest BCUT2D eigenvalue weighted by Crippen LogP contribution is 2.29. The average molecular weight is 421 g/mol. The van der Waals surface area contributed by atoms with Crippen molar-refractivity contribution in [3.63, 3.8) is 0 Å². The van der Waals surface area contributed by atoms with Gasteiger partial charge in [0.2, 0.25) is 0 Å². The largest absolute Gasteiger partial charge is 0.378 e. The van der Waals surface area contributed by atoms with E-state index < -0.39 is 0 Å². The summed E-state index contributed by atoms with van der Waals surface area (Å²) in [7, 11) is 0. The van der Waals surface area contributed by atoms with Gasteiger partial charge in [0.25, 0.3) is 5.91 Å². The first-order valence-electron chi connectivity index (χ1n) is 9.05. The number of morpholine rings is 1. The van der Waals surface area contributed by atoms with Gasteiger partial charge in [0.1, 0.15) is 5.82 Å². The summed E-state index contributed by atoms with van der Waals surface area (Å²) in [6.07, 6.45) is 3.66. The first-order chi connectivity index (χ1) is 13.2. The normalized spacial score (nSPS) is 14.0. The average Bonchev–Trinajstić information content (AvgIpc) is 3.13. The second-order valence-corrected chi connectivity index (χ2v) is 6.86. The van der Waals surface area contributed by atoms with Gasteiger partial charge >= 0.3 is 0 Å². The summed E-state index contributed by atoms with van der Waals surface area (Å²) in [5, 5.41) is 4.88. The van der Waals surface area contributed by atoms with Gasteiger partial charge < -0.3 is 19.5 Å². The maximum absolute atomic E-state index is 13.1. The molecule has 1 aliphatic rings. The Morgan fingerprint density at radius 2 is 2.07 bits per heavy atom. The van der Waals surface area contributed by atoms with Gasteiger partial charge in [-0.3, -0.25) is 4.79 Å². The first-order valence-corrected chi connectivity index (χ1v) is 9.42. The number of ether oxygens (including phenoxy) is 1. The molecule has 28 heavy (non-hydrogen) atoms. The molecule has 0 spiro atoms. The van der Waals surface area contributed by atoms with E-state index in [2.05, 4.69) is 21.8 Å². The fourth-order valence-corrected chi connectivity index (χ4v) is 3.57. The summed E-state index contributed by atoms with van der Waals surface area (Å²) >= 11 is 6.08. The van der Waals surface area contributed by atoms with Crippen LogP contribution in [0.2, 0.25) is 5.02 Å². The van der Waals surface area contributed by atoms with Crippen LogP contribution in [-0.2, 0) is 11.3 Å². The number of carbonyl (C=O) groups excluding carboxylic acids is 1. The lowest BCUT2D eigenvalue weighted by molar-refractivity contribution is 0.0303. The molecule has 3 heterocycles. The number of halogens is 2. The van der Waals surface area contributed by atoms with Crippen LogP contribution in [-0.4, -0.2) is 46.7 Å². The molecule has 0 bridgehead atoms. The zero-order valence-electron chi connectivity index (χ0n) is 15.5. The Balaban J connectivity index is 0.00000225. The van der Waals surface area contributed by atoms with E-state index in [-0.39, 0.29) is 18.3 Å². The molecule has 0 atom stereocenters. The smallest absolute Gasteiger partial charge is 0.257 e. The predicted octanol–water partition coefficient (Wildman–Crippen LogP) is 4.35. The Kier molecular flexibility index (Phi) is 6.44. The van der Waals surface area contributed by atoms with Crippen LogP contribution < -0.4 is 5.32 Å². The van der Waals surface area contributed by atoms with E-state index in [0.29, 0.717) is 42.7 Å². The Hall–Kier alpha value is -2.28. The summed E-state index contributed by atoms with van der Waals surface area (Å²) in [6.45, 7) is 5.20. The fraction of sp³-hybridized carbons (Fsp3) is 0.300. The molecule has 0 saturated carbocycles. The van der Waals surface area contributed by atoms with Gasteiger partial charge in [-0.1, -0.05) is 17.7 Å². The third kappa shape index (κ3) is 3.94. The van der Waals surface area contributed by atoms with Crippen molar-refractivity contribution >= 4 is 52.3 Å². The second-order valence-electron chi connectivity index (χ2n) is 6.42. The molecule has 1 aliphatic heterocycles. The van der Waals surface area contributed by atoms with Gasteiger partial charge in [-0.15, -0.1) is 12.4 Å². The highest BCUT2D eigenvalue weighted by atomic mass is 35.5. The Bertz CT molecular complexity index is 983. The lowest BCUT2D eigenvalue weighted by Gasteiger charge is -2.27. The van der Waals surface area contributed by atoms with Crippen LogP contribution in [0.25, 0.3) is 10.9 Å². The summed E-state index contributed by atoms with van der Waals surface area (Å²) in [5.41, 5.74) is 2.37. The number of aryl methyl sites for hydroxylation is 1. The summed E-state index contributed by atoms with van der Waals surface area (Å²) in [6, 6.07) is 9.49. The molecule has 1 amide bonds. The van der Waals surface area contributed by atoms with E-state index in [9.17, 15) is 4.79 Å². The lowest BCUT2D eigenvalue weighted by atomic mass is 10.1. The van der Waals surface area contributed by atoms with Crippen LogP contribution >= 0.6 is 24.0 Å². The SMILES string of the molecule is CCn1ccc2c(Nc3cccc(Cl)c3)ncc(C(=O)N3CCOCC3)c21.Cl. The maximum Gasteiger partial charge on any atom is 0.257 e. The minimum atomic E-state index is -0.00138. The fourth-order valence-electron chi connectivity index (χ4n) is 3.38. The van der Waals surface area contributed by atoms with Crippen LogP contribution in [0.3, 0.4) is 0 Å². The number of anilines is 2. The van der Waals surface area contributed by atoms with Crippen LogP contribution in [0.1, 0.15) is 17.3 Å². The number of nitrogens with one attached hydrogen (secondary N) is 1. The highest BCUT2D eigenvalue weighted by molar-refractivity contribution is 6.30. The number of hydrogen-bond donors (Lipinski definition) is 1. The van der Waals surface area contributed by atoms with Crippen LogP contribution in [0, 0.1) is 0 Å². The van der Waals surface area contributed by atoms with E-state index in [0.717, 1.165) is 23.1 Å². The highest BCUT2D eigenvalue weighted by Gasteiger charge is 2.23. The molecule has 3 aromatic rings. The van der Waals surface area contributed by atoms with Crippen molar-refractivity contribution in [3.05, 3.63) is 53.3 Å². The van der Waals surface area contributed by atoms with Crippen molar-refractivity contribution in [2.75, 3.05) is 31.6 Å².